The molecule has 3 aromatic carbocycles. The Morgan fingerprint density at radius 2 is 1.42 bits per heavy atom. The van der Waals surface area contributed by atoms with Crippen LogP contribution in [0.3, 0.4) is 0 Å². The summed E-state index contributed by atoms with van der Waals surface area (Å²) in [5, 5.41) is 0. The van der Waals surface area contributed by atoms with Crippen molar-refractivity contribution in [1.82, 2.24) is 0 Å². The quantitative estimate of drug-likeness (QED) is 0.228. The number of methoxy groups -OCH3 is 1. The van der Waals surface area contributed by atoms with Gasteiger partial charge in [-0.3, -0.25) is 0 Å². The number of unbranched alkanes of at least 4 members (excludes halogenated alkanes) is 2. The van der Waals surface area contributed by atoms with Gasteiger partial charge in [-0.1, -0.05) is 105 Å². The Labute approximate surface area is 187 Å². The molecule has 0 aliphatic carbocycles. The summed E-state index contributed by atoms with van der Waals surface area (Å²) in [6.07, 6.45) is 7.17. The number of ether oxygens (including phenoxy) is 2. The van der Waals surface area contributed by atoms with E-state index in [1.54, 1.807) is 7.11 Å². The molecule has 2 heteroatoms. The van der Waals surface area contributed by atoms with Gasteiger partial charge >= 0.3 is 0 Å². The summed E-state index contributed by atoms with van der Waals surface area (Å²) in [6, 6.07) is 29.4. The molecular weight excluding hydrogens is 380 g/mol. The fourth-order valence-corrected chi connectivity index (χ4v) is 4.07. The second-order valence-corrected chi connectivity index (χ2v) is 7.97. The zero-order chi connectivity index (χ0) is 21.9. The predicted molar refractivity (Wildman–Crippen MR) is 130 cm³/mol. The van der Waals surface area contributed by atoms with Crippen LogP contribution in [-0.2, 0) is 16.8 Å². The van der Waals surface area contributed by atoms with Gasteiger partial charge in [0.05, 0.1) is 13.2 Å². The minimum atomic E-state index is -0.609. The summed E-state index contributed by atoms with van der Waals surface area (Å²) < 4.78 is 12.4. The molecule has 1 unspecified atom stereocenters. The Kier molecular flexibility index (Phi) is 8.49. The highest BCUT2D eigenvalue weighted by molar-refractivity contribution is 5.40. The minimum Gasteiger partial charge on any atom is -0.497 e. The number of hydrogen-bond donors (Lipinski definition) is 0. The van der Waals surface area contributed by atoms with Crippen molar-refractivity contribution in [3.05, 3.63) is 114 Å². The van der Waals surface area contributed by atoms with Crippen molar-refractivity contribution >= 4 is 0 Å². The van der Waals surface area contributed by atoms with Crippen LogP contribution in [-0.4, -0.2) is 13.2 Å². The minimum absolute atomic E-state index is 0.0230. The van der Waals surface area contributed by atoms with E-state index in [0.717, 1.165) is 36.1 Å². The van der Waals surface area contributed by atoms with Crippen molar-refractivity contribution in [3.8, 4) is 5.75 Å². The van der Waals surface area contributed by atoms with E-state index in [1.807, 2.05) is 18.2 Å². The molecule has 2 nitrogen and oxygen atoms in total. The van der Waals surface area contributed by atoms with Gasteiger partial charge in [-0.25, -0.2) is 0 Å². The SMILES string of the molecule is C=CC(CCCCC)OC(Cc1ccc(OC)cc1)(c1ccccc1)c1ccccc1. The summed E-state index contributed by atoms with van der Waals surface area (Å²) >= 11 is 0. The largest absolute Gasteiger partial charge is 0.497 e. The molecule has 3 aromatic rings. The van der Waals surface area contributed by atoms with Gasteiger partial charge in [-0.15, -0.1) is 6.58 Å². The lowest BCUT2D eigenvalue weighted by atomic mass is 9.80. The van der Waals surface area contributed by atoms with Crippen LogP contribution in [0.4, 0.5) is 0 Å². The van der Waals surface area contributed by atoms with Crippen LogP contribution in [0.25, 0.3) is 0 Å². The van der Waals surface area contributed by atoms with E-state index in [0.29, 0.717) is 0 Å². The molecule has 0 fully saturated rings. The van der Waals surface area contributed by atoms with E-state index in [1.165, 1.54) is 18.4 Å². The summed E-state index contributed by atoms with van der Waals surface area (Å²) in [5.41, 5.74) is 2.89. The second kappa shape index (κ2) is 11.5. The lowest BCUT2D eigenvalue weighted by molar-refractivity contribution is -0.0558. The molecule has 0 amide bonds. The Bertz CT molecular complexity index is 861. The van der Waals surface area contributed by atoms with Gasteiger partial charge in [-0.2, -0.15) is 0 Å². The predicted octanol–water partition coefficient (Wildman–Crippen LogP) is 7.33. The van der Waals surface area contributed by atoms with E-state index in [9.17, 15) is 0 Å². The van der Waals surface area contributed by atoms with Crippen molar-refractivity contribution in [2.24, 2.45) is 0 Å². The normalized spacial score (nSPS) is 12.3. The first-order valence-corrected chi connectivity index (χ1v) is 11.3. The van der Waals surface area contributed by atoms with Crippen LogP contribution in [0.15, 0.2) is 97.6 Å². The number of benzene rings is 3. The first-order chi connectivity index (χ1) is 15.2. The summed E-state index contributed by atoms with van der Waals surface area (Å²) in [6.45, 7) is 6.33. The molecule has 162 valence electrons. The van der Waals surface area contributed by atoms with Crippen molar-refractivity contribution in [3.63, 3.8) is 0 Å². The lowest BCUT2D eigenvalue weighted by Crippen LogP contribution is -2.37. The number of hydrogen-bond acceptors (Lipinski definition) is 2. The third kappa shape index (κ3) is 5.86. The van der Waals surface area contributed by atoms with Gasteiger partial charge in [-0.05, 0) is 35.2 Å². The van der Waals surface area contributed by atoms with Gasteiger partial charge in [0.2, 0.25) is 0 Å². The standard InChI is InChI=1S/C29H34O2/c1-4-6-9-18-27(5-2)31-29(25-14-10-7-11-15-25,26-16-12-8-13-17-26)23-24-19-21-28(30-3)22-20-24/h5,7-8,10-17,19-22,27H,2,4,6,9,18,23H2,1,3H3. The molecule has 0 aliphatic rings. The first kappa shape index (κ1) is 22.8. The molecule has 1 atom stereocenters. The highest BCUT2D eigenvalue weighted by Crippen LogP contribution is 2.39. The van der Waals surface area contributed by atoms with Gasteiger partial charge in [0.15, 0.2) is 0 Å². The molecular formula is C29H34O2. The van der Waals surface area contributed by atoms with Gasteiger partial charge in [0.1, 0.15) is 11.4 Å². The molecule has 3 rings (SSSR count). The summed E-state index contributed by atoms with van der Waals surface area (Å²) in [4.78, 5) is 0. The van der Waals surface area contributed by atoms with Gasteiger partial charge in [0, 0.05) is 6.42 Å². The van der Waals surface area contributed by atoms with Crippen LogP contribution < -0.4 is 4.74 Å². The van der Waals surface area contributed by atoms with E-state index in [4.69, 9.17) is 9.47 Å². The van der Waals surface area contributed by atoms with Crippen LogP contribution in [0.2, 0.25) is 0 Å². The highest BCUT2D eigenvalue weighted by Gasteiger charge is 2.37. The Balaban J connectivity index is 2.07. The number of rotatable bonds is 12. The van der Waals surface area contributed by atoms with Crippen LogP contribution in [0, 0.1) is 0 Å². The maximum absolute atomic E-state index is 7.02. The summed E-state index contributed by atoms with van der Waals surface area (Å²) in [5.74, 6) is 0.859. The van der Waals surface area contributed by atoms with Gasteiger partial charge in [0.25, 0.3) is 0 Å². The smallest absolute Gasteiger partial charge is 0.123 e. The average Bonchev–Trinajstić information content (AvgIpc) is 2.84. The van der Waals surface area contributed by atoms with E-state index in [-0.39, 0.29) is 6.10 Å². The lowest BCUT2D eigenvalue weighted by Gasteiger charge is -2.38. The first-order valence-electron chi connectivity index (χ1n) is 11.3. The fraction of sp³-hybridized carbons (Fsp3) is 0.310. The van der Waals surface area contributed by atoms with Gasteiger partial charge < -0.3 is 9.47 Å². The topological polar surface area (TPSA) is 18.5 Å². The molecule has 0 saturated carbocycles. The molecule has 0 radical (unpaired) electrons. The maximum Gasteiger partial charge on any atom is 0.123 e. The zero-order valence-electron chi connectivity index (χ0n) is 18.8. The maximum atomic E-state index is 7.02. The van der Waals surface area contributed by atoms with E-state index >= 15 is 0 Å². The Morgan fingerprint density at radius 3 is 1.90 bits per heavy atom. The van der Waals surface area contributed by atoms with Crippen LogP contribution in [0.1, 0.15) is 49.3 Å². The zero-order valence-corrected chi connectivity index (χ0v) is 18.8. The molecule has 0 spiro atoms. The Hall–Kier alpha value is -2.84. The van der Waals surface area contributed by atoms with E-state index < -0.39 is 5.60 Å². The van der Waals surface area contributed by atoms with Crippen LogP contribution in [0.5, 0.6) is 5.75 Å². The molecule has 0 heterocycles. The molecule has 0 aliphatic heterocycles. The van der Waals surface area contributed by atoms with Crippen LogP contribution >= 0.6 is 0 Å². The average molecular weight is 415 g/mol. The molecule has 0 bridgehead atoms. The molecule has 31 heavy (non-hydrogen) atoms. The Morgan fingerprint density at radius 1 is 0.839 bits per heavy atom. The highest BCUT2D eigenvalue weighted by atomic mass is 16.5. The van der Waals surface area contributed by atoms with Crippen molar-refractivity contribution in [2.75, 3.05) is 7.11 Å². The van der Waals surface area contributed by atoms with Crippen molar-refractivity contribution < 1.29 is 9.47 Å². The molecule has 0 N–H and O–H groups in total. The fourth-order valence-electron chi connectivity index (χ4n) is 4.07. The van der Waals surface area contributed by atoms with Crippen molar-refractivity contribution in [2.45, 2.75) is 50.7 Å². The third-order valence-electron chi connectivity index (χ3n) is 5.80. The molecule has 0 aromatic heterocycles. The second-order valence-electron chi connectivity index (χ2n) is 7.97. The van der Waals surface area contributed by atoms with E-state index in [2.05, 4.69) is 86.3 Å². The molecule has 0 saturated heterocycles. The third-order valence-corrected chi connectivity index (χ3v) is 5.80. The van der Waals surface area contributed by atoms with Crippen molar-refractivity contribution in [1.29, 1.82) is 0 Å². The monoisotopic (exact) mass is 414 g/mol. The summed E-state index contributed by atoms with van der Waals surface area (Å²) in [7, 11) is 1.70.